The zero-order valence-electron chi connectivity index (χ0n) is 6.88. The summed E-state index contributed by atoms with van der Waals surface area (Å²) in [5, 5.41) is 4.39. The van der Waals surface area contributed by atoms with Crippen LogP contribution in [0.25, 0.3) is 0 Å². The molecule has 0 saturated carbocycles. The highest BCUT2D eigenvalue weighted by Crippen LogP contribution is 2.23. The number of carbonyl (C=O) groups is 1. The Morgan fingerprint density at radius 1 is 1.86 bits per heavy atom. The van der Waals surface area contributed by atoms with Crippen molar-refractivity contribution >= 4 is 23.5 Å². The van der Waals surface area contributed by atoms with Crippen molar-refractivity contribution < 1.29 is 14.0 Å². The molecule has 1 unspecified atom stereocenters. The molecule has 1 heterocycles. The molecule has 1 aromatic heterocycles. The van der Waals surface area contributed by atoms with Gasteiger partial charge in [0.15, 0.2) is 5.01 Å². The Bertz CT molecular complexity index is 338. The van der Waals surface area contributed by atoms with E-state index in [-0.39, 0.29) is 5.01 Å². The number of hydrogen-bond acceptors (Lipinski definition) is 6. The number of carbonyl (C=O) groups excluding carboxylic acids is 1. The largest absolute Gasteiger partial charge is 0.381 e. The predicted molar refractivity (Wildman–Crippen MR) is 47.9 cm³/mol. The molecule has 0 bridgehead atoms. The second kappa shape index (κ2) is 4.11. The lowest BCUT2D eigenvalue weighted by molar-refractivity contribution is -0.148. The molecule has 0 aliphatic carbocycles. The summed E-state index contributed by atoms with van der Waals surface area (Å²) in [5.41, 5.74) is 9.76. The monoisotopic (exact) mass is 218 g/mol. The van der Waals surface area contributed by atoms with Crippen molar-refractivity contribution in [3.63, 3.8) is 0 Å². The van der Waals surface area contributed by atoms with Gasteiger partial charge in [-0.3, -0.25) is 10.5 Å². The normalized spacial score (nSPS) is 15.3. The highest BCUT2D eigenvalue weighted by atomic mass is 32.1. The molecule has 1 rings (SSSR count). The molecule has 8 heteroatoms. The Kier molecular flexibility index (Phi) is 3.10. The lowest BCUT2D eigenvalue weighted by atomic mass is 10.6. The van der Waals surface area contributed by atoms with Crippen molar-refractivity contribution in [2.75, 3.05) is 0 Å². The van der Waals surface area contributed by atoms with E-state index in [1.165, 1.54) is 11.6 Å². The minimum absolute atomic E-state index is 0.0980. The van der Waals surface area contributed by atoms with Crippen LogP contribution in [0, 0.1) is 0 Å². The van der Waals surface area contributed by atoms with Gasteiger partial charge >= 0.3 is 5.98 Å². The van der Waals surface area contributed by atoms with E-state index in [4.69, 9.17) is 11.5 Å². The smallest absolute Gasteiger partial charge is 0.365 e. The average Bonchev–Trinajstić information content (AvgIpc) is 2.54. The van der Waals surface area contributed by atoms with E-state index in [9.17, 15) is 9.18 Å². The minimum Gasteiger partial charge on any atom is -0.365 e. The van der Waals surface area contributed by atoms with Crippen molar-refractivity contribution in [2.45, 2.75) is 5.98 Å². The van der Waals surface area contributed by atoms with Crippen molar-refractivity contribution in [1.82, 2.24) is 4.98 Å². The van der Waals surface area contributed by atoms with Crippen LogP contribution in [0.4, 0.5) is 4.39 Å². The van der Waals surface area contributed by atoms with Crippen LogP contribution in [0.5, 0.6) is 0 Å². The van der Waals surface area contributed by atoms with Crippen LogP contribution in [0.2, 0.25) is 0 Å². The molecule has 14 heavy (non-hydrogen) atoms. The summed E-state index contributed by atoms with van der Waals surface area (Å²) < 4.78 is 13.3. The molecule has 0 spiro atoms. The molecule has 0 saturated heterocycles. The third-order valence-electron chi connectivity index (χ3n) is 1.09. The summed E-state index contributed by atoms with van der Waals surface area (Å²) in [4.78, 5) is 18.0. The fourth-order valence-electron chi connectivity index (χ4n) is 0.586. The van der Waals surface area contributed by atoms with Gasteiger partial charge in [0.05, 0.1) is 0 Å². The van der Waals surface area contributed by atoms with Crippen LogP contribution in [0.15, 0.2) is 16.7 Å². The zero-order valence-corrected chi connectivity index (χ0v) is 7.70. The van der Waals surface area contributed by atoms with Gasteiger partial charge in [0.1, 0.15) is 6.21 Å². The number of halogens is 1. The fraction of sp³-hybridized carbons (Fsp3) is 0.167. The van der Waals surface area contributed by atoms with Gasteiger partial charge in [0.25, 0.3) is 5.91 Å². The van der Waals surface area contributed by atoms with Crippen molar-refractivity contribution in [3.8, 4) is 0 Å². The van der Waals surface area contributed by atoms with Gasteiger partial charge in [0, 0.05) is 11.6 Å². The van der Waals surface area contributed by atoms with E-state index >= 15 is 0 Å². The molecular weight excluding hydrogens is 211 g/mol. The molecule has 1 atom stereocenters. The van der Waals surface area contributed by atoms with Gasteiger partial charge in [-0.2, -0.15) is 4.39 Å². The first-order valence-corrected chi connectivity index (χ1v) is 4.29. The molecule has 0 aliphatic heterocycles. The van der Waals surface area contributed by atoms with E-state index in [0.717, 1.165) is 11.3 Å². The third kappa shape index (κ3) is 2.75. The number of oxime groups is 1. The number of rotatable bonds is 4. The molecule has 0 aliphatic rings. The van der Waals surface area contributed by atoms with Crippen molar-refractivity contribution in [3.05, 3.63) is 16.6 Å². The summed E-state index contributed by atoms with van der Waals surface area (Å²) in [6, 6.07) is 0. The number of nitrogens with zero attached hydrogens (tertiary/aromatic N) is 2. The number of primary amides is 1. The second-order valence-electron chi connectivity index (χ2n) is 2.21. The summed E-state index contributed by atoms with van der Waals surface area (Å²) in [6.07, 6.45) is 1.97. The van der Waals surface area contributed by atoms with Crippen LogP contribution in [0.1, 0.15) is 5.01 Å². The summed E-state index contributed by atoms with van der Waals surface area (Å²) in [6.45, 7) is 0. The lowest BCUT2D eigenvalue weighted by Gasteiger charge is -2.13. The molecule has 0 fully saturated rings. The zero-order chi connectivity index (χ0) is 10.6. The highest BCUT2D eigenvalue weighted by molar-refractivity contribution is 7.09. The van der Waals surface area contributed by atoms with E-state index in [1.54, 1.807) is 0 Å². The Labute approximate surface area is 82.4 Å². The molecule has 76 valence electrons. The standard InChI is InChI=1S/C6H7FN4O2S/c7-6(9,5-10-1-2-14-5)13-11-3-4(8)12/h1-3H,9H2,(H2,8,12)/b11-3+. The topological polar surface area (TPSA) is 104 Å². The van der Waals surface area contributed by atoms with Gasteiger partial charge in [-0.05, 0) is 0 Å². The van der Waals surface area contributed by atoms with Gasteiger partial charge in [-0.15, -0.1) is 11.3 Å². The van der Waals surface area contributed by atoms with Gasteiger partial charge in [0.2, 0.25) is 0 Å². The first-order valence-electron chi connectivity index (χ1n) is 3.41. The molecule has 0 radical (unpaired) electrons. The summed E-state index contributed by atoms with van der Waals surface area (Å²) in [5.74, 6) is -3.50. The van der Waals surface area contributed by atoms with Crippen molar-refractivity contribution in [1.29, 1.82) is 0 Å². The number of alkyl halides is 1. The number of aromatic nitrogens is 1. The van der Waals surface area contributed by atoms with Crippen LogP contribution < -0.4 is 11.5 Å². The average molecular weight is 218 g/mol. The highest BCUT2D eigenvalue weighted by Gasteiger charge is 2.32. The Balaban J connectivity index is 2.63. The fourth-order valence-corrected chi connectivity index (χ4v) is 1.16. The van der Waals surface area contributed by atoms with Crippen molar-refractivity contribution in [2.24, 2.45) is 16.6 Å². The first kappa shape index (κ1) is 10.5. The number of thiazole rings is 1. The number of amides is 1. The second-order valence-corrected chi connectivity index (χ2v) is 3.10. The molecule has 4 N–H and O–H groups in total. The van der Waals surface area contributed by atoms with Gasteiger partial charge in [-0.1, -0.05) is 5.16 Å². The Morgan fingerprint density at radius 2 is 2.57 bits per heavy atom. The molecule has 1 aromatic rings. The van der Waals surface area contributed by atoms with Gasteiger partial charge in [-0.25, -0.2) is 4.98 Å². The van der Waals surface area contributed by atoms with E-state index in [1.807, 2.05) is 0 Å². The quantitative estimate of drug-likeness (QED) is 0.312. The number of nitrogens with two attached hydrogens (primary N) is 2. The summed E-state index contributed by atoms with van der Waals surface area (Å²) in [7, 11) is 0. The molecule has 0 aromatic carbocycles. The minimum atomic E-state index is -2.64. The predicted octanol–water partition coefficient (Wildman–Crippen LogP) is -0.331. The SMILES string of the molecule is NC(=O)/C=N/OC(N)(F)c1nccs1. The van der Waals surface area contributed by atoms with E-state index < -0.39 is 11.9 Å². The molecular formula is C6H7FN4O2S. The van der Waals surface area contributed by atoms with Crippen LogP contribution >= 0.6 is 11.3 Å². The lowest BCUT2D eigenvalue weighted by Crippen LogP contribution is -2.33. The maximum atomic E-state index is 13.3. The van der Waals surface area contributed by atoms with Gasteiger partial charge < -0.3 is 10.6 Å². The van der Waals surface area contributed by atoms with E-state index in [0.29, 0.717) is 6.21 Å². The maximum absolute atomic E-state index is 13.3. The van der Waals surface area contributed by atoms with Crippen LogP contribution in [-0.2, 0) is 15.6 Å². The Hall–Kier alpha value is -1.54. The molecule has 6 nitrogen and oxygen atoms in total. The van der Waals surface area contributed by atoms with E-state index in [2.05, 4.69) is 15.0 Å². The Morgan fingerprint density at radius 3 is 3.07 bits per heavy atom. The molecule has 1 amide bonds. The van der Waals surface area contributed by atoms with Crippen LogP contribution in [0.3, 0.4) is 0 Å². The van der Waals surface area contributed by atoms with Crippen LogP contribution in [-0.4, -0.2) is 17.1 Å². The third-order valence-corrected chi connectivity index (χ3v) is 1.95. The maximum Gasteiger partial charge on any atom is 0.381 e. The summed E-state index contributed by atoms with van der Waals surface area (Å²) >= 11 is 0.963. The first-order chi connectivity index (χ1) is 6.52. The number of hydrogen-bond donors (Lipinski definition) is 2.